The van der Waals surface area contributed by atoms with Crippen LogP contribution in [0.3, 0.4) is 0 Å². The quantitative estimate of drug-likeness (QED) is 0.444. The van der Waals surface area contributed by atoms with Crippen molar-refractivity contribution in [2.24, 2.45) is 11.8 Å². The van der Waals surface area contributed by atoms with E-state index in [1.807, 2.05) is 0 Å². The molecule has 0 bridgehead atoms. The van der Waals surface area contributed by atoms with Gasteiger partial charge >= 0.3 is 0 Å². The van der Waals surface area contributed by atoms with Gasteiger partial charge in [-0.1, -0.05) is 31.9 Å². The lowest BCUT2D eigenvalue weighted by atomic mass is 9.89. The zero-order chi connectivity index (χ0) is 11.0. The third kappa shape index (κ3) is 5.95. The molecule has 0 aromatic rings. The Hall–Kier alpha value is -0.590. The van der Waals surface area contributed by atoms with E-state index in [-0.39, 0.29) is 5.92 Å². The van der Waals surface area contributed by atoms with Crippen molar-refractivity contribution in [3.05, 3.63) is 11.6 Å². The standard InChI is InChI=1S/C13H24O/c1-5-12(8-7-11(3)4)9-13(6-2)10-14/h7,10,12-13H,5-6,8-9H2,1-4H3. The Morgan fingerprint density at radius 2 is 1.86 bits per heavy atom. The average Bonchev–Trinajstić information content (AvgIpc) is 2.18. The van der Waals surface area contributed by atoms with Gasteiger partial charge in [-0.2, -0.15) is 0 Å². The zero-order valence-electron chi connectivity index (χ0n) is 10.0. The summed E-state index contributed by atoms with van der Waals surface area (Å²) >= 11 is 0. The molecule has 0 saturated carbocycles. The number of rotatable bonds is 7. The normalized spacial score (nSPS) is 14.6. The molecule has 14 heavy (non-hydrogen) atoms. The maximum atomic E-state index is 10.7. The Balaban J connectivity index is 4.01. The summed E-state index contributed by atoms with van der Waals surface area (Å²) in [5.74, 6) is 0.950. The first-order chi connectivity index (χ1) is 6.63. The molecule has 0 aliphatic carbocycles. The molecule has 2 unspecified atom stereocenters. The van der Waals surface area contributed by atoms with Crippen LogP contribution in [-0.2, 0) is 4.79 Å². The minimum atomic E-state index is 0.269. The van der Waals surface area contributed by atoms with E-state index < -0.39 is 0 Å². The van der Waals surface area contributed by atoms with Gasteiger partial charge in [0.05, 0.1) is 0 Å². The zero-order valence-corrected chi connectivity index (χ0v) is 10.0. The van der Waals surface area contributed by atoms with E-state index in [1.54, 1.807) is 0 Å². The summed E-state index contributed by atoms with van der Waals surface area (Å²) in [5.41, 5.74) is 1.38. The number of hydrogen-bond donors (Lipinski definition) is 0. The van der Waals surface area contributed by atoms with E-state index in [0.717, 1.165) is 25.5 Å². The molecule has 0 aromatic heterocycles. The van der Waals surface area contributed by atoms with Crippen molar-refractivity contribution in [2.45, 2.75) is 53.4 Å². The lowest BCUT2D eigenvalue weighted by molar-refractivity contribution is -0.111. The molecule has 0 amide bonds. The van der Waals surface area contributed by atoms with Crippen LogP contribution >= 0.6 is 0 Å². The van der Waals surface area contributed by atoms with Crippen molar-refractivity contribution < 1.29 is 4.79 Å². The molecular formula is C13H24O. The van der Waals surface area contributed by atoms with Crippen LogP contribution < -0.4 is 0 Å². The van der Waals surface area contributed by atoms with Crippen LogP contribution in [0.1, 0.15) is 53.4 Å². The molecule has 0 fully saturated rings. The molecule has 0 saturated heterocycles. The summed E-state index contributed by atoms with van der Waals surface area (Å²) < 4.78 is 0. The number of aldehydes is 1. The molecule has 1 heteroatoms. The SMILES string of the molecule is CCC(C=O)CC(CC)CC=C(C)C. The molecule has 0 spiro atoms. The molecule has 0 aliphatic heterocycles. The van der Waals surface area contributed by atoms with Gasteiger partial charge < -0.3 is 4.79 Å². The van der Waals surface area contributed by atoms with Crippen molar-refractivity contribution in [1.29, 1.82) is 0 Å². The van der Waals surface area contributed by atoms with Gasteiger partial charge in [0.2, 0.25) is 0 Å². The molecule has 1 nitrogen and oxygen atoms in total. The predicted octanol–water partition coefficient (Wildman–Crippen LogP) is 3.98. The monoisotopic (exact) mass is 196 g/mol. The van der Waals surface area contributed by atoms with Crippen LogP contribution in [0, 0.1) is 11.8 Å². The Kier molecular flexibility index (Phi) is 7.45. The first-order valence-electron chi connectivity index (χ1n) is 5.72. The van der Waals surface area contributed by atoms with Crippen LogP contribution in [0.15, 0.2) is 11.6 Å². The number of allylic oxidation sites excluding steroid dienone is 2. The first-order valence-corrected chi connectivity index (χ1v) is 5.72. The highest BCUT2D eigenvalue weighted by Gasteiger charge is 2.11. The van der Waals surface area contributed by atoms with Gasteiger partial charge in [-0.3, -0.25) is 0 Å². The average molecular weight is 196 g/mol. The number of hydrogen-bond acceptors (Lipinski definition) is 1. The Morgan fingerprint density at radius 1 is 1.21 bits per heavy atom. The maximum Gasteiger partial charge on any atom is 0.123 e. The third-order valence-electron chi connectivity index (χ3n) is 2.79. The van der Waals surface area contributed by atoms with E-state index >= 15 is 0 Å². The summed E-state index contributed by atoms with van der Waals surface area (Å²) in [6.07, 6.45) is 7.74. The second-order valence-corrected chi connectivity index (χ2v) is 4.33. The summed E-state index contributed by atoms with van der Waals surface area (Å²) in [6.45, 7) is 8.56. The van der Waals surface area contributed by atoms with Crippen molar-refractivity contribution in [1.82, 2.24) is 0 Å². The van der Waals surface area contributed by atoms with Crippen LogP contribution in [0.4, 0.5) is 0 Å². The third-order valence-corrected chi connectivity index (χ3v) is 2.79. The topological polar surface area (TPSA) is 17.1 Å². The molecule has 2 atom stereocenters. The number of carbonyl (C=O) groups is 1. The van der Waals surface area contributed by atoms with Gasteiger partial charge in [0.15, 0.2) is 0 Å². The lowest BCUT2D eigenvalue weighted by Crippen LogP contribution is -2.08. The largest absolute Gasteiger partial charge is 0.303 e. The van der Waals surface area contributed by atoms with E-state index in [4.69, 9.17) is 0 Å². The Bertz CT molecular complexity index is 178. The fourth-order valence-electron chi connectivity index (χ4n) is 1.58. The first kappa shape index (κ1) is 13.4. The number of carbonyl (C=O) groups excluding carboxylic acids is 1. The lowest BCUT2D eigenvalue weighted by Gasteiger charge is -2.16. The van der Waals surface area contributed by atoms with Crippen molar-refractivity contribution in [3.63, 3.8) is 0 Å². The Morgan fingerprint density at radius 3 is 2.21 bits per heavy atom. The predicted molar refractivity (Wildman–Crippen MR) is 62.3 cm³/mol. The van der Waals surface area contributed by atoms with E-state index in [0.29, 0.717) is 5.92 Å². The fourth-order valence-corrected chi connectivity index (χ4v) is 1.58. The molecule has 0 heterocycles. The van der Waals surface area contributed by atoms with Gasteiger partial charge in [-0.25, -0.2) is 0 Å². The van der Waals surface area contributed by atoms with Gasteiger partial charge in [-0.05, 0) is 39.0 Å². The molecule has 0 aliphatic rings. The highest BCUT2D eigenvalue weighted by molar-refractivity contribution is 5.53. The molecule has 82 valence electrons. The summed E-state index contributed by atoms with van der Waals surface area (Å²) in [7, 11) is 0. The van der Waals surface area contributed by atoms with E-state index in [9.17, 15) is 4.79 Å². The van der Waals surface area contributed by atoms with Gasteiger partial charge in [-0.15, -0.1) is 0 Å². The Labute approximate surface area is 88.6 Å². The summed E-state index contributed by atoms with van der Waals surface area (Å²) in [5, 5.41) is 0. The van der Waals surface area contributed by atoms with Gasteiger partial charge in [0, 0.05) is 5.92 Å². The second kappa shape index (κ2) is 7.78. The highest BCUT2D eigenvalue weighted by Crippen LogP contribution is 2.21. The van der Waals surface area contributed by atoms with Gasteiger partial charge in [0.25, 0.3) is 0 Å². The van der Waals surface area contributed by atoms with Crippen molar-refractivity contribution >= 4 is 6.29 Å². The summed E-state index contributed by atoms with van der Waals surface area (Å²) in [6, 6.07) is 0. The fraction of sp³-hybridized carbons (Fsp3) is 0.769. The molecule has 0 aromatic carbocycles. The minimum Gasteiger partial charge on any atom is -0.303 e. The van der Waals surface area contributed by atoms with Crippen LogP contribution in [0.25, 0.3) is 0 Å². The molecule has 0 rings (SSSR count). The van der Waals surface area contributed by atoms with Crippen LogP contribution in [-0.4, -0.2) is 6.29 Å². The maximum absolute atomic E-state index is 10.7. The van der Waals surface area contributed by atoms with Crippen molar-refractivity contribution in [2.75, 3.05) is 0 Å². The highest BCUT2D eigenvalue weighted by atomic mass is 16.1. The van der Waals surface area contributed by atoms with E-state index in [1.165, 1.54) is 12.0 Å². The van der Waals surface area contributed by atoms with Crippen molar-refractivity contribution in [3.8, 4) is 0 Å². The van der Waals surface area contributed by atoms with Gasteiger partial charge in [0.1, 0.15) is 6.29 Å². The smallest absolute Gasteiger partial charge is 0.123 e. The minimum absolute atomic E-state index is 0.269. The molecule has 0 N–H and O–H groups in total. The molecular weight excluding hydrogens is 172 g/mol. The van der Waals surface area contributed by atoms with Crippen LogP contribution in [0.5, 0.6) is 0 Å². The van der Waals surface area contributed by atoms with E-state index in [2.05, 4.69) is 33.8 Å². The summed E-state index contributed by atoms with van der Waals surface area (Å²) in [4.78, 5) is 10.7. The molecule has 0 radical (unpaired) electrons. The second-order valence-electron chi connectivity index (χ2n) is 4.33. The van der Waals surface area contributed by atoms with Crippen LogP contribution in [0.2, 0.25) is 0 Å².